The number of isocyanates is 1. The second kappa shape index (κ2) is 3.90. The topological polar surface area (TPSA) is 58.9 Å². The molecule has 0 radical (unpaired) electrons. The van der Waals surface area contributed by atoms with E-state index in [0.717, 1.165) is 24.0 Å². The lowest BCUT2D eigenvalue weighted by molar-refractivity contribution is 0.365. The molecule has 0 atom stereocenters. The number of phenols is 1. The summed E-state index contributed by atoms with van der Waals surface area (Å²) in [5, 5.41) is 10.2. The van der Waals surface area contributed by atoms with Crippen molar-refractivity contribution in [1.29, 1.82) is 0 Å². The van der Waals surface area contributed by atoms with Gasteiger partial charge in [-0.25, -0.2) is 4.79 Å². The number of carbonyl (C=O) groups excluding carboxylic acids is 1. The van der Waals surface area contributed by atoms with E-state index in [4.69, 9.17) is 4.74 Å². The van der Waals surface area contributed by atoms with Crippen molar-refractivity contribution >= 4 is 6.08 Å². The van der Waals surface area contributed by atoms with Gasteiger partial charge in [0.05, 0.1) is 7.11 Å². The minimum atomic E-state index is -0.572. The molecule has 1 aliphatic rings. The third-order valence-corrected chi connectivity index (χ3v) is 3.45. The Morgan fingerprint density at radius 3 is 2.59 bits per heavy atom. The zero-order valence-corrected chi connectivity index (χ0v) is 10.2. The highest BCUT2D eigenvalue weighted by Gasteiger charge is 2.47. The summed E-state index contributed by atoms with van der Waals surface area (Å²) in [7, 11) is 1.52. The molecule has 1 aromatic rings. The van der Waals surface area contributed by atoms with Gasteiger partial charge in [0.25, 0.3) is 0 Å². The Morgan fingerprint density at radius 1 is 1.47 bits per heavy atom. The Morgan fingerprint density at radius 2 is 2.12 bits per heavy atom. The third kappa shape index (κ3) is 1.71. The van der Waals surface area contributed by atoms with Gasteiger partial charge in [-0.1, -0.05) is 0 Å². The Kier molecular flexibility index (Phi) is 2.68. The maximum atomic E-state index is 10.4. The van der Waals surface area contributed by atoms with Crippen LogP contribution in [0, 0.1) is 13.8 Å². The molecule has 1 saturated carbocycles. The number of aromatic hydroxyl groups is 1. The highest BCUT2D eigenvalue weighted by molar-refractivity contribution is 5.58. The SMILES string of the molecule is COc1c(C)c(C)cc(C2(N=C=O)CC2)c1O. The summed E-state index contributed by atoms with van der Waals surface area (Å²) < 4.78 is 5.21. The number of ether oxygens (including phenoxy) is 1. The van der Waals surface area contributed by atoms with Crippen LogP contribution in [0.15, 0.2) is 11.1 Å². The van der Waals surface area contributed by atoms with Crippen LogP contribution in [0.4, 0.5) is 0 Å². The van der Waals surface area contributed by atoms with Crippen LogP contribution in [0.3, 0.4) is 0 Å². The molecule has 1 fully saturated rings. The van der Waals surface area contributed by atoms with Gasteiger partial charge < -0.3 is 9.84 Å². The van der Waals surface area contributed by atoms with Crippen LogP contribution < -0.4 is 4.74 Å². The maximum Gasteiger partial charge on any atom is 0.235 e. The molecule has 1 aliphatic carbocycles. The molecular weight excluding hydrogens is 218 g/mol. The quantitative estimate of drug-likeness (QED) is 0.644. The van der Waals surface area contributed by atoms with E-state index in [1.807, 2.05) is 19.9 Å². The van der Waals surface area contributed by atoms with Crippen LogP contribution in [-0.2, 0) is 10.3 Å². The molecular formula is C13H15NO3. The number of rotatable bonds is 3. The van der Waals surface area contributed by atoms with Crippen molar-refractivity contribution in [3.63, 3.8) is 0 Å². The smallest absolute Gasteiger partial charge is 0.235 e. The van der Waals surface area contributed by atoms with E-state index in [-0.39, 0.29) is 5.75 Å². The average Bonchev–Trinajstić information content (AvgIpc) is 3.06. The number of hydrogen-bond donors (Lipinski definition) is 1. The molecule has 2 rings (SSSR count). The summed E-state index contributed by atoms with van der Waals surface area (Å²) in [6.07, 6.45) is 3.12. The predicted octanol–water partition coefficient (Wildman–Crippen LogP) is 2.34. The van der Waals surface area contributed by atoms with Gasteiger partial charge in [0, 0.05) is 5.56 Å². The second-order valence-electron chi connectivity index (χ2n) is 4.48. The summed E-state index contributed by atoms with van der Waals surface area (Å²) in [4.78, 5) is 14.3. The summed E-state index contributed by atoms with van der Waals surface area (Å²) in [5.41, 5.74) is 2.01. The number of aliphatic imine (C=N–C) groups is 1. The minimum absolute atomic E-state index is 0.0899. The highest BCUT2D eigenvalue weighted by atomic mass is 16.5. The first-order valence-corrected chi connectivity index (χ1v) is 5.52. The van der Waals surface area contributed by atoms with Crippen LogP contribution in [-0.4, -0.2) is 18.3 Å². The Labute approximate surface area is 99.9 Å². The minimum Gasteiger partial charge on any atom is -0.504 e. The molecule has 4 nitrogen and oxygen atoms in total. The number of benzene rings is 1. The molecule has 4 heteroatoms. The van der Waals surface area contributed by atoms with E-state index in [1.54, 1.807) is 6.08 Å². The van der Waals surface area contributed by atoms with Crippen LogP contribution in [0.2, 0.25) is 0 Å². The summed E-state index contributed by atoms with van der Waals surface area (Å²) in [5.74, 6) is 0.555. The fraction of sp³-hybridized carbons (Fsp3) is 0.462. The van der Waals surface area contributed by atoms with Crippen LogP contribution in [0.5, 0.6) is 11.5 Å². The van der Waals surface area contributed by atoms with Gasteiger partial charge in [0.1, 0.15) is 5.54 Å². The van der Waals surface area contributed by atoms with Crippen molar-refractivity contribution in [3.8, 4) is 11.5 Å². The van der Waals surface area contributed by atoms with Crippen LogP contribution >= 0.6 is 0 Å². The molecule has 90 valence electrons. The molecule has 0 bridgehead atoms. The first kappa shape index (κ1) is 11.7. The van der Waals surface area contributed by atoms with E-state index in [9.17, 15) is 9.90 Å². The summed E-state index contributed by atoms with van der Waals surface area (Å²) in [6, 6.07) is 1.88. The van der Waals surface area contributed by atoms with Crippen molar-refractivity contribution < 1.29 is 14.6 Å². The second-order valence-corrected chi connectivity index (χ2v) is 4.48. The molecule has 1 aromatic carbocycles. The molecule has 1 N–H and O–H groups in total. The average molecular weight is 233 g/mol. The zero-order chi connectivity index (χ0) is 12.6. The van der Waals surface area contributed by atoms with Crippen molar-refractivity contribution in [1.82, 2.24) is 0 Å². The predicted molar refractivity (Wildman–Crippen MR) is 63.2 cm³/mol. The molecule has 0 amide bonds. The van der Waals surface area contributed by atoms with Gasteiger partial charge in [-0.3, -0.25) is 0 Å². The largest absolute Gasteiger partial charge is 0.504 e. The van der Waals surface area contributed by atoms with Gasteiger partial charge in [0.2, 0.25) is 6.08 Å². The van der Waals surface area contributed by atoms with Crippen molar-refractivity contribution in [2.45, 2.75) is 32.2 Å². The monoisotopic (exact) mass is 233 g/mol. The molecule has 0 aromatic heterocycles. The standard InChI is InChI=1S/C13H15NO3/c1-8-6-10(13(4-5-13)14-7-15)11(16)12(17-3)9(8)2/h6,16H,4-5H2,1-3H3. The van der Waals surface area contributed by atoms with Gasteiger partial charge in [-0.05, 0) is 43.9 Å². The zero-order valence-electron chi connectivity index (χ0n) is 10.2. The first-order valence-electron chi connectivity index (χ1n) is 5.52. The number of methoxy groups -OCH3 is 1. The maximum absolute atomic E-state index is 10.4. The Hall–Kier alpha value is -1.80. The fourth-order valence-electron chi connectivity index (χ4n) is 2.12. The van der Waals surface area contributed by atoms with E-state index in [2.05, 4.69) is 4.99 Å². The lowest BCUT2D eigenvalue weighted by Gasteiger charge is -2.17. The first-order chi connectivity index (χ1) is 8.05. The Bertz CT molecular complexity index is 512. The molecule has 17 heavy (non-hydrogen) atoms. The fourth-order valence-corrected chi connectivity index (χ4v) is 2.12. The van der Waals surface area contributed by atoms with Crippen LogP contribution in [0.1, 0.15) is 29.5 Å². The molecule has 0 spiro atoms. The normalized spacial score (nSPS) is 16.2. The number of aryl methyl sites for hydroxylation is 1. The number of nitrogens with zero attached hydrogens (tertiary/aromatic N) is 1. The molecule has 0 saturated heterocycles. The molecule has 0 aliphatic heterocycles. The van der Waals surface area contributed by atoms with E-state index < -0.39 is 5.54 Å². The van der Waals surface area contributed by atoms with E-state index in [1.165, 1.54) is 7.11 Å². The van der Waals surface area contributed by atoms with Gasteiger partial charge in [-0.2, -0.15) is 4.99 Å². The van der Waals surface area contributed by atoms with Crippen molar-refractivity contribution in [2.75, 3.05) is 7.11 Å². The van der Waals surface area contributed by atoms with Crippen molar-refractivity contribution in [3.05, 3.63) is 22.8 Å². The lowest BCUT2D eigenvalue weighted by Crippen LogP contribution is -2.05. The summed E-state index contributed by atoms with van der Waals surface area (Å²) in [6.45, 7) is 3.84. The lowest BCUT2D eigenvalue weighted by atomic mass is 9.97. The van der Waals surface area contributed by atoms with E-state index >= 15 is 0 Å². The highest BCUT2D eigenvalue weighted by Crippen LogP contribution is 2.54. The number of phenolic OH excluding ortho intramolecular Hbond substituents is 1. The summed E-state index contributed by atoms with van der Waals surface area (Å²) >= 11 is 0. The van der Waals surface area contributed by atoms with Gasteiger partial charge in [0.15, 0.2) is 11.5 Å². The van der Waals surface area contributed by atoms with Gasteiger partial charge >= 0.3 is 0 Å². The van der Waals surface area contributed by atoms with Crippen molar-refractivity contribution in [2.24, 2.45) is 4.99 Å². The molecule has 0 heterocycles. The number of hydrogen-bond acceptors (Lipinski definition) is 4. The van der Waals surface area contributed by atoms with Crippen LogP contribution in [0.25, 0.3) is 0 Å². The molecule has 0 unspecified atom stereocenters. The van der Waals surface area contributed by atoms with E-state index in [0.29, 0.717) is 11.3 Å². The Balaban J connectivity index is 2.64. The van der Waals surface area contributed by atoms with Gasteiger partial charge in [-0.15, -0.1) is 0 Å². The third-order valence-electron chi connectivity index (χ3n) is 3.45.